The molecule has 2 aromatic heterocycles. The van der Waals surface area contributed by atoms with Gasteiger partial charge in [0, 0.05) is 48.4 Å². The highest BCUT2D eigenvalue weighted by atomic mass is 16.2. The molecule has 1 aliphatic heterocycles. The number of nitrogens with one attached hydrogen (secondary N) is 1. The average molecular weight is 513 g/mol. The van der Waals surface area contributed by atoms with E-state index in [0.717, 1.165) is 89.9 Å². The van der Waals surface area contributed by atoms with E-state index in [9.17, 15) is 9.59 Å². The first-order valence-electron chi connectivity index (χ1n) is 13.3. The van der Waals surface area contributed by atoms with Gasteiger partial charge in [0.1, 0.15) is 17.8 Å². The van der Waals surface area contributed by atoms with Gasteiger partial charge in [-0.15, -0.1) is 0 Å². The molecule has 2 aliphatic rings. The van der Waals surface area contributed by atoms with Gasteiger partial charge in [0.15, 0.2) is 0 Å². The molecule has 3 aromatic rings. The molecule has 1 saturated heterocycles. The summed E-state index contributed by atoms with van der Waals surface area (Å²) in [6, 6.07) is 3.97. The Morgan fingerprint density at radius 1 is 1.11 bits per heavy atom. The van der Waals surface area contributed by atoms with E-state index >= 15 is 0 Å². The number of likely N-dealkylation sites (tertiary alicyclic amines) is 1. The third kappa shape index (κ3) is 4.48. The number of aryl methyl sites for hydroxylation is 3. The second-order valence-corrected chi connectivity index (χ2v) is 10.7. The molecule has 8 nitrogen and oxygen atoms in total. The van der Waals surface area contributed by atoms with Crippen LogP contribution in [0, 0.1) is 19.8 Å². The predicted octanol–water partition coefficient (Wildman–Crippen LogP) is 5.15. The molecule has 1 aromatic carbocycles. The molecule has 198 valence electrons. The molecule has 1 fully saturated rings. The Bertz CT molecular complexity index is 1470. The normalized spacial score (nSPS) is 17.5. The number of hydrogen-bond acceptors (Lipinski definition) is 5. The maximum absolute atomic E-state index is 13.1. The molecule has 0 bridgehead atoms. The minimum Gasteiger partial charge on any atom is -0.383 e. The summed E-state index contributed by atoms with van der Waals surface area (Å²) >= 11 is 0. The van der Waals surface area contributed by atoms with E-state index in [0.29, 0.717) is 11.4 Å². The van der Waals surface area contributed by atoms with Crippen molar-refractivity contribution >= 4 is 39.9 Å². The lowest BCUT2D eigenvalue weighted by atomic mass is 9.83. The van der Waals surface area contributed by atoms with Gasteiger partial charge < -0.3 is 20.5 Å². The summed E-state index contributed by atoms with van der Waals surface area (Å²) in [5.74, 6) is 0.570. The Morgan fingerprint density at radius 2 is 1.79 bits per heavy atom. The molecular formula is C30H36N6O2. The molecular weight excluding hydrogens is 476 g/mol. The van der Waals surface area contributed by atoms with Crippen LogP contribution in [0.15, 0.2) is 36.7 Å². The van der Waals surface area contributed by atoms with Crippen LogP contribution >= 0.6 is 0 Å². The largest absolute Gasteiger partial charge is 0.383 e. The zero-order valence-corrected chi connectivity index (χ0v) is 22.7. The maximum atomic E-state index is 13.1. The third-order valence-corrected chi connectivity index (χ3v) is 7.91. The van der Waals surface area contributed by atoms with E-state index in [1.165, 1.54) is 11.9 Å². The molecule has 1 atom stereocenters. The van der Waals surface area contributed by atoms with Crippen LogP contribution in [0.25, 0.3) is 27.9 Å². The second-order valence-electron chi connectivity index (χ2n) is 10.7. The Labute approximate surface area is 223 Å². The summed E-state index contributed by atoms with van der Waals surface area (Å²) in [6.07, 6.45) is 8.25. The number of anilines is 2. The SMILES string of the molecule is C=C(C)C(=O)Nc1cc(C)c(-c2c(C3=CC[C@@H](C(=O)N4CCCC4)CC3)c3c(N)ncnc3n2C)c(C)c1. The fourth-order valence-corrected chi connectivity index (χ4v) is 6.01. The summed E-state index contributed by atoms with van der Waals surface area (Å²) in [5.41, 5.74) is 14.8. The summed E-state index contributed by atoms with van der Waals surface area (Å²) in [5, 5.41) is 3.78. The summed E-state index contributed by atoms with van der Waals surface area (Å²) in [6.45, 7) is 11.3. The first-order valence-corrected chi connectivity index (χ1v) is 13.3. The molecule has 8 heteroatoms. The smallest absolute Gasteiger partial charge is 0.250 e. The van der Waals surface area contributed by atoms with Crippen molar-refractivity contribution in [3.8, 4) is 11.3 Å². The van der Waals surface area contributed by atoms with Gasteiger partial charge in [0.25, 0.3) is 5.91 Å². The van der Waals surface area contributed by atoms with E-state index in [-0.39, 0.29) is 17.7 Å². The monoisotopic (exact) mass is 512 g/mol. The number of nitrogens with zero attached hydrogens (tertiary/aromatic N) is 4. The van der Waals surface area contributed by atoms with E-state index < -0.39 is 0 Å². The topological polar surface area (TPSA) is 106 Å². The van der Waals surface area contributed by atoms with Crippen molar-refractivity contribution < 1.29 is 9.59 Å². The molecule has 5 rings (SSSR count). The number of amides is 2. The van der Waals surface area contributed by atoms with Crippen LogP contribution in [0.4, 0.5) is 11.5 Å². The number of nitrogens with two attached hydrogens (primary N) is 1. The van der Waals surface area contributed by atoms with Crippen LogP contribution in [0.5, 0.6) is 0 Å². The Hall–Kier alpha value is -3.94. The first kappa shape index (κ1) is 25.7. The lowest BCUT2D eigenvalue weighted by Crippen LogP contribution is -2.34. The van der Waals surface area contributed by atoms with Crippen LogP contribution < -0.4 is 11.1 Å². The molecule has 0 unspecified atom stereocenters. The number of allylic oxidation sites excluding steroid dienone is 2. The molecule has 38 heavy (non-hydrogen) atoms. The maximum Gasteiger partial charge on any atom is 0.250 e. The highest BCUT2D eigenvalue weighted by Gasteiger charge is 2.31. The summed E-state index contributed by atoms with van der Waals surface area (Å²) in [4.78, 5) is 36.2. The van der Waals surface area contributed by atoms with Crippen molar-refractivity contribution in [3.05, 3.63) is 53.4 Å². The van der Waals surface area contributed by atoms with E-state index in [1.54, 1.807) is 6.92 Å². The van der Waals surface area contributed by atoms with Crippen molar-refractivity contribution in [2.24, 2.45) is 13.0 Å². The number of benzene rings is 1. The van der Waals surface area contributed by atoms with Crippen molar-refractivity contribution in [2.45, 2.75) is 52.9 Å². The van der Waals surface area contributed by atoms with Gasteiger partial charge in [-0.25, -0.2) is 9.97 Å². The number of aromatic nitrogens is 3. The van der Waals surface area contributed by atoms with Gasteiger partial charge in [-0.05, 0) is 81.7 Å². The molecule has 1 aliphatic carbocycles. The second kappa shape index (κ2) is 10.1. The van der Waals surface area contributed by atoms with Crippen LogP contribution in [0.2, 0.25) is 0 Å². The minimum absolute atomic E-state index is 0.0311. The molecule has 3 heterocycles. The average Bonchev–Trinajstić information content (AvgIpc) is 3.52. The number of hydrogen-bond donors (Lipinski definition) is 2. The van der Waals surface area contributed by atoms with Crippen molar-refractivity contribution in [1.29, 1.82) is 0 Å². The van der Waals surface area contributed by atoms with Crippen molar-refractivity contribution in [1.82, 2.24) is 19.4 Å². The number of carbonyl (C=O) groups excluding carboxylic acids is 2. The van der Waals surface area contributed by atoms with Crippen LogP contribution in [0.1, 0.15) is 55.7 Å². The Morgan fingerprint density at radius 3 is 2.39 bits per heavy atom. The van der Waals surface area contributed by atoms with Gasteiger partial charge in [-0.3, -0.25) is 9.59 Å². The first-order chi connectivity index (χ1) is 18.2. The number of rotatable bonds is 5. The molecule has 0 saturated carbocycles. The fraction of sp³-hybridized carbons (Fsp3) is 0.400. The van der Waals surface area contributed by atoms with E-state index in [4.69, 9.17) is 5.73 Å². The van der Waals surface area contributed by atoms with Gasteiger partial charge in [-0.1, -0.05) is 12.7 Å². The highest BCUT2D eigenvalue weighted by Crippen LogP contribution is 2.45. The Balaban J connectivity index is 1.60. The third-order valence-electron chi connectivity index (χ3n) is 7.91. The van der Waals surface area contributed by atoms with E-state index in [1.807, 2.05) is 24.1 Å². The lowest BCUT2D eigenvalue weighted by molar-refractivity contribution is -0.134. The van der Waals surface area contributed by atoms with Crippen molar-refractivity contribution in [2.75, 3.05) is 24.1 Å². The van der Waals surface area contributed by atoms with Crippen LogP contribution in [0.3, 0.4) is 0 Å². The molecule has 2 amide bonds. The van der Waals surface area contributed by atoms with Crippen LogP contribution in [-0.4, -0.2) is 44.3 Å². The van der Waals surface area contributed by atoms with Crippen LogP contribution in [-0.2, 0) is 16.6 Å². The van der Waals surface area contributed by atoms with Crippen molar-refractivity contribution in [3.63, 3.8) is 0 Å². The highest BCUT2D eigenvalue weighted by molar-refractivity contribution is 6.06. The molecule has 3 N–H and O–H groups in total. The molecule has 0 radical (unpaired) electrons. The van der Waals surface area contributed by atoms with Gasteiger partial charge in [0.2, 0.25) is 5.91 Å². The lowest BCUT2D eigenvalue weighted by Gasteiger charge is -2.26. The zero-order chi connectivity index (χ0) is 27.1. The number of nitrogen functional groups attached to an aromatic ring is 1. The predicted molar refractivity (Wildman–Crippen MR) is 152 cm³/mol. The van der Waals surface area contributed by atoms with Gasteiger partial charge in [0.05, 0.1) is 11.1 Å². The van der Waals surface area contributed by atoms with Gasteiger partial charge >= 0.3 is 0 Å². The molecule has 0 spiro atoms. The van der Waals surface area contributed by atoms with Gasteiger partial charge in [-0.2, -0.15) is 0 Å². The standard InChI is InChI=1S/C30H36N6O2/c1-17(2)29(37)34-22-14-18(3)23(19(4)15-22)26-24(25-27(31)32-16-33-28(25)35(26)5)20-8-10-21(11-9-20)30(38)36-12-6-7-13-36/h8,14-16,21H,1,6-7,9-13H2,2-5H3,(H,34,37)(H2,31,32,33)/t21-/m1/s1. The Kier molecular flexibility index (Phi) is 6.82. The number of carbonyl (C=O) groups is 2. The summed E-state index contributed by atoms with van der Waals surface area (Å²) < 4.78 is 2.09. The summed E-state index contributed by atoms with van der Waals surface area (Å²) in [7, 11) is 2.01. The van der Waals surface area contributed by atoms with E-state index in [2.05, 4.69) is 46.4 Å². The number of fused-ring (bicyclic) bond motifs is 1. The fourth-order valence-electron chi connectivity index (χ4n) is 6.01. The zero-order valence-electron chi connectivity index (χ0n) is 22.7. The quantitative estimate of drug-likeness (QED) is 0.460. The minimum atomic E-state index is -0.199.